The number of amides is 1. The molecular formula is C15H13FN2O2. The number of hydrogen-bond acceptors (Lipinski definition) is 3. The van der Waals surface area contributed by atoms with Gasteiger partial charge in [0.25, 0.3) is 5.91 Å². The summed E-state index contributed by atoms with van der Waals surface area (Å²) in [4.78, 5) is 15.9. The van der Waals surface area contributed by atoms with Crippen LogP contribution < -0.4 is 5.32 Å². The molecule has 1 atom stereocenters. The number of benzene rings is 1. The van der Waals surface area contributed by atoms with Crippen LogP contribution >= 0.6 is 0 Å². The number of nitrogens with one attached hydrogen (secondary N) is 1. The van der Waals surface area contributed by atoms with E-state index in [2.05, 4.69) is 10.3 Å². The smallest absolute Gasteiger partial charge is 0.258 e. The van der Waals surface area contributed by atoms with Gasteiger partial charge in [-0.1, -0.05) is 24.3 Å². The second-order valence-corrected chi connectivity index (χ2v) is 4.54. The van der Waals surface area contributed by atoms with E-state index >= 15 is 0 Å². The summed E-state index contributed by atoms with van der Waals surface area (Å²) in [6.45, 7) is 0.480. The predicted molar refractivity (Wildman–Crippen MR) is 71.7 cm³/mol. The summed E-state index contributed by atoms with van der Waals surface area (Å²) >= 11 is 0. The van der Waals surface area contributed by atoms with Crippen molar-refractivity contribution in [1.82, 2.24) is 4.98 Å². The number of pyridine rings is 1. The maximum atomic E-state index is 13.5. The van der Waals surface area contributed by atoms with E-state index in [1.165, 1.54) is 12.3 Å². The SMILES string of the molecule is O=C(Nc1ccncc1F)[C@H]1OCCc2ccccc21. The highest BCUT2D eigenvalue weighted by molar-refractivity contribution is 5.95. The topological polar surface area (TPSA) is 51.2 Å². The normalized spacial score (nSPS) is 17.4. The molecule has 20 heavy (non-hydrogen) atoms. The van der Waals surface area contributed by atoms with Gasteiger partial charge in [-0.3, -0.25) is 9.78 Å². The lowest BCUT2D eigenvalue weighted by atomic mass is 9.97. The summed E-state index contributed by atoms with van der Waals surface area (Å²) in [5.41, 5.74) is 2.04. The maximum Gasteiger partial charge on any atom is 0.258 e. The fourth-order valence-electron chi connectivity index (χ4n) is 2.29. The standard InChI is InChI=1S/C15H13FN2O2/c16-12-9-17-7-5-13(12)18-15(19)14-11-4-2-1-3-10(11)6-8-20-14/h1-5,7,9,14H,6,8H2,(H,17,18,19)/t14-/m0/s1. The zero-order chi connectivity index (χ0) is 13.9. The van der Waals surface area contributed by atoms with Gasteiger partial charge in [0.05, 0.1) is 18.5 Å². The number of fused-ring (bicyclic) bond motifs is 1. The van der Waals surface area contributed by atoms with Crippen molar-refractivity contribution < 1.29 is 13.9 Å². The van der Waals surface area contributed by atoms with E-state index in [4.69, 9.17) is 4.74 Å². The average molecular weight is 272 g/mol. The Labute approximate surface area is 115 Å². The van der Waals surface area contributed by atoms with Crippen LogP contribution in [-0.2, 0) is 16.0 Å². The number of nitrogens with zero attached hydrogens (tertiary/aromatic N) is 1. The molecule has 1 N–H and O–H groups in total. The first-order valence-electron chi connectivity index (χ1n) is 6.35. The van der Waals surface area contributed by atoms with E-state index in [-0.39, 0.29) is 11.6 Å². The molecule has 0 unspecified atom stereocenters. The monoisotopic (exact) mass is 272 g/mol. The molecule has 0 radical (unpaired) electrons. The van der Waals surface area contributed by atoms with Gasteiger partial charge in [-0.05, 0) is 23.6 Å². The van der Waals surface area contributed by atoms with Crippen molar-refractivity contribution >= 4 is 11.6 Å². The second-order valence-electron chi connectivity index (χ2n) is 4.54. The van der Waals surface area contributed by atoms with Crippen LogP contribution in [0.25, 0.3) is 0 Å². The molecule has 0 saturated heterocycles. The summed E-state index contributed by atoms with van der Waals surface area (Å²) in [5, 5.41) is 2.54. The van der Waals surface area contributed by atoms with Crippen LogP contribution in [0, 0.1) is 5.82 Å². The van der Waals surface area contributed by atoms with E-state index < -0.39 is 11.9 Å². The number of carbonyl (C=O) groups excluding carboxylic acids is 1. The van der Waals surface area contributed by atoms with Gasteiger partial charge in [-0.15, -0.1) is 0 Å². The number of anilines is 1. The number of carbonyl (C=O) groups is 1. The maximum absolute atomic E-state index is 13.5. The van der Waals surface area contributed by atoms with E-state index in [0.29, 0.717) is 6.61 Å². The van der Waals surface area contributed by atoms with Crippen LogP contribution in [-0.4, -0.2) is 17.5 Å². The van der Waals surface area contributed by atoms with E-state index in [1.54, 1.807) is 0 Å². The fourth-order valence-corrected chi connectivity index (χ4v) is 2.29. The molecule has 1 aromatic carbocycles. The molecule has 1 aromatic heterocycles. The van der Waals surface area contributed by atoms with Gasteiger partial charge < -0.3 is 10.1 Å². The first-order valence-corrected chi connectivity index (χ1v) is 6.35. The summed E-state index contributed by atoms with van der Waals surface area (Å²) in [5.74, 6) is -0.938. The van der Waals surface area contributed by atoms with E-state index in [0.717, 1.165) is 23.7 Å². The molecular weight excluding hydrogens is 259 g/mol. The van der Waals surface area contributed by atoms with Crippen molar-refractivity contribution in [3.63, 3.8) is 0 Å². The van der Waals surface area contributed by atoms with Gasteiger partial charge in [0.1, 0.15) is 0 Å². The molecule has 1 aliphatic rings. The molecule has 1 aliphatic heterocycles. The summed E-state index contributed by atoms with van der Waals surface area (Å²) in [7, 11) is 0. The number of halogens is 1. The lowest BCUT2D eigenvalue weighted by Crippen LogP contribution is -2.28. The molecule has 102 valence electrons. The molecule has 0 saturated carbocycles. The van der Waals surface area contributed by atoms with Crippen LogP contribution in [0.4, 0.5) is 10.1 Å². The molecule has 1 amide bonds. The summed E-state index contributed by atoms with van der Waals surface area (Å²) < 4.78 is 19.0. The van der Waals surface area contributed by atoms with Gasteiger partial charge in [-0.25, -0.2) is 4.39 Å². The van der Waals surface area contributed by atoms with Crippen LogP contribution in [0.1, 0.15) is 17.2 Å². The van der Waals surface area contributed by atoms with Gasteiger partial charge in [0, 0.05) is 6.20 Å². The first kappa shape index (κ1) is 12.7. The van der Waals surface area contributed by atoms with Crippen LogP contribution in [0.15, 0.2) is 42.7 Å². The van der Waals surface area contributed by atoms with Gasteiger partial charge in [0.15, 0.2) is 11.9 Å². The van der Waals surface area contributed by atoms with Gasteiger partial charge in [-0.2, -0.15) is 0 Å². The lowest BCUT2D eigenvalue weighted by molar-refractivity contribution is -0.128. The summed E-state index contributed by atoms with van der Waals surface area (Å²) in [6.07, 6.45) is 2.57. The third-order valence-corrected chi connectivity index (χ3v) is 3.26. The molecule has 0 bridgehead atoms. The Morgan fingerprint density at radius 3 is 3.05 bits per heavy atom. The minimum absolute atomic E-state index is 0.108. The van der Waals surface area contributed by atoms with Crippen LogP contribution in [0.5, 0.6) is 0 Å². The van der Waals surface area contributed by atoms with Crippen molar-refractivity contribution in [1.29, 1.82) is 0 Å². The second kappa shape index (κ2) is 5.38. The van der Waals surface area contributed by atoms with Crippen molar-refractivity contribution in [3.8, 4) is 0 Å². The minimum Gasteiger partial charge on any atom is -0.363 e. The van der Waals surface area contributed by atoms with Crippen molar-refractivity contribution in [2.75, 3.05) is 11.9 Å². The minimum atomic E-state index is -0.701. The van der Waals surface area contributed by atoms with E-state index in [9.17, 15) is 9.18 Å². The molecule has 4 nitrogen and oxygen atoms in total. The Kier molecular flexibility index (Phi) is 3.43. The molecule has 2 heterocycles. The molecule has 5 heteroatoms. The number of aromatic nitrogens is 1. The van der Waals surface area contributed by atoms with Crippen molar-refractivity contribution in [3.05, 3.63) is 59.7 Å². The van der Waals surface area contributed by atoms with Crippen molar-refractivity contribution in [2.45, 2.75) is 12.5 Å². The number of hydrogen-bond donors (Lipinski definition) is 1. The molecule has 0 fully saturated rings. The highest BCUT2D eigenvalue weighted by atomic mass is 19.1. The third kappa shape index (κ3) is 2.40. The fraction of sp³-hybridized carbons (Fsp3) is 0.200. The quantitative estimate of drug-likeness (QED) is 0.913. The largest absolute Gasteiger partial charge is 0.363 e. The Bertz CT molecular complexity index is 645. The summed E-state index contributed by atoms with van der Waals surface area (Å²) in [6, 6.07) is 9.05. The zero-order valence-electron chi connectivity index (χ0n) is 10.7. The third-order valence-electron chi connectivity index (χ3n) is 3.26. The van der Waals surface area contributed by atoms with Crippen LogP contribution in [0.3, 0.4) is 0 Å². The first-order chi connectivity index (χ1) is 9.75. The highest BCUT2D eigenvalue weighted by Crippen LogP contribution is 2.28. The number of rotatable bonds is 2. The predicted octanol–water partition coefficient (Wildman–Crippen LogP) is 2.47. The Morgan fingerprint density at radius 2 is 2.20 bits per heavy atom. The number of ether oxygens (including phenoxy) is 1. The molecule has 0 aliphatic carbocycles. The molecule has 2 aromatic rings. The Balaban J connectivity index is 1.84. The molecule has 3 rings (SSSR count). The molecule has 0 spiro atoms. The highest BCUT2D eigenvalue weighted by Gasteiger charge is 2.27. The Morgan fingerprint density at radius 1 is 1.35 bits per heavy atom. The van der Waals surface area contributed by atoms with Gasteiger partial charge in [0.2, 0.25) is 0 Å². The lowest BCUT2D eigenvalue weighted by Gasteiger charge is -2.25. The van der Waals surface area contributed by atoms with Crippen LogP contribution in [0.2, 0.25) is 0 Å². The average Bonchev–Trinajstić information content (AvgIpc) is 2.49. The van der Waals surface area contributed by atoms with Crippen molar-refractivity contribution in [2.24, 2.45) is 0 Å². The Hall–Kier alpha value is -2.27. The zero-order valence-corrected chi connectivity index (χ0v) is 10.7. The van der Waals surface area contributed by atoms with E-state index in [1.807, 2.05) is 24.3 Å². The van der Waals surface area contributed by atoms with Gasteiger partial charge >= 0.3 is 0 Å².